The molecule has 0 N–H and O–H groups in total. The van der Waals surface area contributed by atoms with Crippen molar-refractivity contribution in [3.05, 3.63) is 49.1 Å². The summed E-state index contributed by atoms with van der Waals surface area (Å²) in [6, 6.07) is 0.188. The summed E-state index contributed by atoms with van der Waals surface area (Å²) in [7, 11) is 0. The fraction of sp³-hybridized carbons (Fsp3) is 0.591. The molecule has 0 aromatic carbocycles. The van der Waals surface area contributed by atoms with Crippen LogP contribution in [0.25, 0.3) is 0 Å². The number of alkyl halides is 2. The lowest BCUT2D eigenvalue weighted by Gasteiger charge is -2.45. The molecule has 3 rings (SSSR count). The fourth-order valence-electron chi connectivity index (χ4n) is 4.93. The molecule has 136 valence electrons. The Balaban J connectivity index is 1.98. The predicted molar refractivity (Wildman–Crippen MR) is 101 cm³/mol. The molecular weight excluding hydrogens is 316 g/mol. The van der Waals surface area contributed by atoms with Crippen LogP contribution in [0.15, 0.2) is 54.1 Å². The molecule has 1 nitrogen and oxygen atoms in total. The standard InChI is InChI=1S/C22H29F2N/c1-4-9-17-15(5-2)16(6-3)21(23)22(24)20(17)19-13-12-14-10-7-8-11-18(14)25-19/h4-6,9-10,15-18,20-22H,2-3,7-8,11-13H2,1H3. The zero-order valence-corrected chi connectivity index (χ0v) is 15.1. The first-order chi connectivity index (χ1) is 12.1. The second-order valence-corrected chi connectivity index (χ2v) is 7.49. The lowest BCUT2D eigenvalue weighted by atomic mass is 9.62. The molecule has 0 aromatic heterocycles. The number of rotatable bonds is 4. The first kappa shape index (κ1) is 18.3. The van der Waals surface area contributed by atoms with Gasteiger partial charge in [0, 0.05) is 17.5 Å². The highest BCUT2D eigenvalue weighted by atomic mass is 19.2. The molecule has 3 aliphatic rings. The van der Waals surface area contributed by atoms with E-state index in [0.29, 0.717) is 0 Å². The van der Waals surface area contributed by atoms with Crippen molar-refractivity contribution in [3.8, 4) is 0 Å². The summed E-state index contributed by atoms with van der Waals surface area (Å²) >= 11 is 0. The molecule has 0 saturated heterocycles. The fourth-order valence-corrected chi connectivity index (χ4v) is 4.93. The van der Waals surface area contributed by atoms with Crippen LogP contribution in [0.3, 0.4) is 0 Å². The molecule has 0 bridgehead atoms. The third kappa shape index (κ3) is 3.30. The van der Waals surface area contributed by atoms with Crippen LogP contribution < -0.4 is 0 Å². The van der Waals surface area contributed by atoms with Gasteiger partial charge in [-0.3, -0.25) is 4.99 Å². The number of nitrogens with zero attached hydrogens (tertiary/aromatic N) is 1. The van der Waals surface area contributed by atoms with Crippen molar-refractivity contribution < 1.29 is 8.78 Å². The first-order valence-corrected chi connectivity index (χ1v) is 9.54. The largest absolute Gasteiger partial charge is 0.286 e. The van der Waals surface area contributed by atoms with Crippen molar-refractivity contribution in [1.82, 2.24) is 0 Å². The summed E-state index contributed by atoms with van der Waals surface area (Å²) in [4.78, 5) is 4.91. The monoisotopic (exact) mass is 345 g/mol. The van der Waals surface area contributed by atoms with Crippen molar-refractivity contribution in [2.75, 3.05) is 0 Å². The van der Waals surface area contributed by atoms with Gasteiger partial charge in [-0.15, -0.1) is 13.2 Å². The molecule has 1 aliphatic heterocycles. The summed E-state index contributed by atoms with van der Waals surface area (Å²) in [5.74, 6) is -1.28. The lowest BCUT2D eigenvalue weighted by Crippen LogP contribution is -2.51. The van der Waals surface area contributed by atoms with E-state index >= 15 is 4.39 Å². The first-order valence-electron chi connectivity index (χ1n) is 9.54. The third-order valence-electron chi connectivity index (χ3n) is 6.17. The Hall–Kier alpha value is -1.51. The Morgan fingerprint density at radius 1 is 1.08 bits per heavy atom. The summed E-state index contributed by atoms with van der Waals surface area (Å²) in [6.07, 6.45) is 11.5. The number of fused-ring (bicyclic) bond motifs is 1. The number of aliphatic imine (C=N–C) groups is 1. The zero-order chi connectivity index (χ0) is 18.0. The second kappa shape index (κ2) is 7.80. The molecular formula is C22H29F2N. The van der Waals surface area contributed by atoms with E-state index < -0.39 is 24.2 Å². The van der Waals surface area contributed by atoms with Gasteiger partial charge >= 0.3 is 0 Å². The molecule has 0 spiro atoms. The quantitative estimate of drug-likeness (QED) is 0.571. The smallest absolute Gasteiger partial charge is 0.140 e. The molecule has 25 heavy (non-hydrogen) atoms. The Bertz CT molecular complexity index is 603. The molecule has 0 amide bonds. The highest BCUT2D eigenvalue weighted by Crippen LogP contribution is 2.46. The molecule has 7 atom stereocenters. The van der Waals surface area contributed by atoms with Gasteiger partial charge in [0.1, 0.15) is 12.3 Å². The molecule has 3 heteroatoms. The van der Waals surface area contributed by atoms with Gasteiger partial charge in [-0.2, -0.15) is 0 Å². The number of hydrogen-bond donors (Lipinski definition) is 0. The third-order valence-corrected chi connectivity index (χ3v) is 6.17. The normalized spacial score (nSPS) is 41.6. The molecule has 2 aliphatic carbocycles. The SMILES string of the molecule is C=CC1C(F)C(F)C(C2=NC3CCCC=C3CC2)C(C=CC)C1C=C. The Kier molecular flexibility index (Phi) is 5.71. The van der Waals surface area contributed by atoms with Gasteiger partial charge in [0.15, 0.2) is 0 Å². The van der Waals surface area contributed by atoms with Gasteiger partial charge in [-0.1, -0.05) is 30.4 Å². The van der Waals surface area contributed by atoms with Crippen LogP contribution in [0.2, 0.25) is 0 Å². The topological polar surface area (TPSA) is 12.4 Å². The van der Waals surface area contributed by atoms with Gasteiger partial charge in [0.2, 0.25) is 0 Å². The minimum Gasteiger partial charge on any atom is -0.286 e. The zero-order valence-electron chi connectivity index (χ0n) is 15.1. The molecule has 1 fully saturated rings. The van der Waals surface area contributed by atoms with E-state index in [4.69, 9.17) is 4.99 Å². The maximum Gasteiger partial charge on any atom is 0.140 e. The van der Waals surface area contributed by atoms with Crippen LogP contribution in [0.4, 0.5) is 8.78 Å². The van der Waals surface area contributed by atoms with Gasteiger partial charge in [-0.05, 0) is 56.4 Å². The maximum atomic E-state index is 15.2. The van der Waals surface area contributed by atoms with Crippen molar-refractivity contribution in [2.24, 2.45) is 28.7 Å². The van der Waals surface area contributed by atoms with E-state index in [1.807, 2.05) is 19.1 Å². The van der Waals surface area contributed by atoms with Crippen molar-refractivity contribution in [2.45, 2.75) is 57.4 Å². The van der Waals surface area contributed by atoms with Gasteiger partial charge in [0.25, 0.3) is 0 Å². The summed E-state index contributed by atoms with van der Waals surface area (Å²) in [5.41, 5.74) is 2.27. The maximum absolute atomic E-state index is 15.2. The van der Waals surface area contributed by atoms with E-state index in [9.17, 15) is 4.39 Å². The predicted octanol–water partition coefficient (Wildman–Crippen LogP) is 5.80. The van der Waals surface area contributed by atoms with Crippen molar-refractivity contribution in [3.63, 3.8) is 0 Å². The number of allylic oxidation sites excluding steroid dienone is 5. The van der Waals surface area contributed by atoms with Crippen LogP contribution in [-0.2, 0) is 0 Å². The van der Waals surface area contributed by atoms with Crippen LogP contribution in [0, 0.1) is 23.7 Å². The highest BCUT2D eigenvalue weighted by molar-refractivity contribution is 5.89. The Labute approximate surface area is 150 Å². The number of halogens is 2. The van der Waals surface area contributed by atoms with Crippen molar-refractivity contribution in [1.29, 1.82) is 0 Å². The van der Waals surface area contributed by atoms with E-state index in [0.717, 1.165) is 37.8 Å². The molecule has 7 unspecified atom stereocenters. The molecule has 1 heterocycles. The minimum atomic E-state index is -1.54. The van der Waals surface area contributed by atoms with Gasteiger partial charge in [0.05, 0.1) is 6.04 Å². The van der Waals surface area contributed by atoms with Crippen molar-refractivity contribution >= 4 is 5.71 Å². The van der Waals surface area contributed by atoms with E-state index in [1.54, 1.807) is 12.2 Å². The molecule has 0 aromatic rings. The molecule has 1 saturated carbocycles. The second-order valence-electron chi connectivity index (χ2n) is 7.49. The van der Waals surface area contributed by atoms with E-state index in [2.05, 4.69) is 19.2 Å². The van der Waals surface area contributed by atoms with Crippen LogP contribution in [-0.4, -0.2) is 24.1 Å². The van der Waals surface area contributed by atoms with Crippen LogP contribution >= 0.6 is 0 Å². The average molecular weight is 345 g/mol. The summed E-state index contributed by atoms with van der Waals surface area (Å²) < 4.78 is 30.0. The average Bonchev–Trinajstić information content (AvgIpc) is 2.64. The van der Waals surface area contributed by atoms with E-state index in [1.165, 1.54) is 5.57 Å². The van der Waals surface area contributed by atoms with Gasteiger partial charge in [-0.25, -0.2) is 8.78 Å². The lowest BCUT2D eigenvalue weighted by molar-refractivity contribution is 0.0177. The highest BCUT2D eigenvalue weighted by Gasteiger charge is 2.50. The summed E-state index contributed by atoms with van der Waals surface area (Å²) in [6.45, 7) is 9.57. The summed E-state index contributed by atoms with van der Waals surface area (Å²) in [5, 5.41) is 0. The number of hydrogen-bond acceptors (Lipinski definition) is 1. The van der Waals surface area contributed by atoms with Crippen LogP contribution in [0.1, 0.15) is 39.0 Å². The molecule has 0 radical (unpaired) electrons. The van der Waals surface area contributed by atoms with Gasteiger partial charge < -0.3 is 0 Å². The van der Waals surface area contributed by atoms with E-state index in [-0.39, 0.29) is 17.9 Å². The minimum absolute atomic E-state index is 0.111. The Morgan fingerprint density at radius 3 is 2.52 bits per heavy atom. The van der Waals surface area contributed by atoms with Crippen LogP contribution in [0.5, 0.6) is 0 Å². The Morgan fingerprint density at radius 2 is 1.84 bits per heavy atom.